The lowest BCUT2D eigenvalue weighted by Gasteiger charge is -2.09. The number of hydrogen-bond donors (Lipinski definition) is 1. The first-order valence-electron chi connectivity index (χ1n) is 7.68. The van der Waals surface area contributed by atoms with Crippen molar-refractivity contribution in [2.75, 3.05) is 19.0 Å². The number of carbonyl (C=O) groups excluding carboxylic acids is 1. The van der Waals surface area contributed by atoms with Gasteiger partial charge in [-0.05, 0) is 35.9 Å². The standard InChI is InChI=1S/C19H17NO5/c1-23-11-13-3-2-4-15(9-13)20-18(21)12-24-16-7-5-14-6-8-19(22)25-17(14)10-16/h2-10H,11-12H2,1H3,(H,20,21). The van der Waals surface area contributed by atoms with E-state index in [2.05, 4.69) is 5.32 Å². The number of carbonyl (C=O) groups is 1. The van der Waals surface area contributed by atoms with Crippen molar-refractivity contribution in [1.82, 2.24) is 0 Å². The third kappa shape index (κ3) is 4.45. The average molecular weight is 339 g/mol. The van der Waals surface area contributed by atoms with Gasteiger partial charge < -0.3 is 19.2 Å². The number of benzene rings is 2. The molecule has 0 radical (unpaired) electrons. The molecule has 6 nitrogen and oxygen atoms in total. The number of methoxy groups -OCH3 is 1. The minimum Gasteiger partial charge on any atom is -0.484 e. The zero-order valence-electron chi connectivity index (χ0n) is 13.7. The average Bonchev–Trinajstić information content (AvgIpc) is 2.60. The molecule has 1 heterocycles. The summed E-state index contributed by atoms with van der Waals surface area (Å²) < 4.78 is 15.6. The minimum atomic E-state index is -0.432. The van der Waals surface area contributed by atoms with Gasteiger partial charge in [0.15, 0.2) is 6.61 Å². The summed E-state index contributed by atoms with van der Waals surface area (Å²) in [5, 5.41) is 3.55. The molecule has 3 rings (SSSR count). The second-order valence-electron chi connectivity index (χ2n) is 5.42. The van der Waals surface area contributed by atoms with Crippen LogP contribution in [0.4, 0.5) is 5.69 Å². The highest BCUT2D eigenvalue weighted by atomic mass is 16.5. The summed E-state index contributed by atoms with van der Waals surface area (Å²) in [4.78, 5) is 23.3. The Hall–Kier alpha value is -3.12. The van der Waals surface area contributed by atoms with Crippen molar-refractivity contribution >= 4 is 22.6 Å². The molecule has 25 heavy (non-hydrogen) atoms. The largest absolute Gasteiger partial charge is 0.484 e. The summed E-state index contributed by atoms with van der Waals surface area (Å²) in [5.41, 5.74) is 1.62. The first-order valence-corrected chi connectivity index (χ1v) is 7.68. The molecule has 1 aromatic heterocycles. The predicted molar refractivity (Wildman–Crippen MR) is 93.8 cm³/mol. The molecule has 0 spiro atoms. The molecule has 0 saturated carbocycles. The zero-order valence-corrected chi connectivity index (χ0v) is 13.7. The Kier molecular flexibility index (Phi) is 5.11. The quantitative estimate of drug-likeness (QED) is 0.699. The summed E-state index contributed by atoms with van der Waals surface area (Å²) in [6.07, 6.45) is 0. The topological polar surface area (TPSA) is 77.8 Å². The van der Waals surface area contributed by atoms with Crippen LogP contribution in [0.5, 0.6) is 5.75 Å². The number of rotatable bonds is 6. The SMILES string of the molecule is COCc1cccc(NC(=O)COc2ccc3ccc(=O)oc3c2)c1. The maximum Gasteiger partial charge on any atom is 0.336 e. The van der Waals surface area contributed by atoms with E-state index in [9.17, 15) is 9.59 Å². The van der Waals surface area contributed by atoms with Crippen molar-refractivity contribution in [1.29, 1.82) is 0 Å². The second-order valence-corrected chi connectivity index (χ2v) is 5.42. The highest BCUT2D eigenvalue weighted by Gasteiger charge is 2.06. The normalized spacial score (nSPS) is 10.6. The fraction of sp³-hybridized carbons (Fsp3) is 0.158. The van der Waals surface area contributed by atoms with Crippen molar-refractivity contribution in [3.8, 4) is 5.75 Å². The van der Waals surface area contributed by atoms with E-state index >= 15 is 0 Å². The maximum atomic E-state index is 12.0. The van der Waals surface area contributed by atoms with E-state index in [1.54, 1.807) is 37.4 Å². The molecule has 0 atom stereocenters. The molecule has 0 fully saturated rings. The molecule has 0 bridgehead atoms. The van der Waals surface area contributed by atoms with Crippen LogP contribution in [-0.4, -0.2) is 19.6 Å². The van der Waals surface area contributed by atoms with Gasteiger partial charge in [0.25, 0.3) is 5.91 Å². The van der Waals surface area contributed by atoms with Crippen molar-refractivity contribution in [2.24, 2.45) is 0 Å². The molecule has 0 aliphatic heterocycles. The van der Waals surface area contributed by atoms with Crippen LogP contribution >= 0.6 is 0 Å². The van der Waals surface area contributed by atoms with Gasteiger partial charge in [-0.2, -0.15) is 0 Å². The van der Waals surface area contributed by atoms with Gasteiger partial charge in [0, 0.05) is 30.3 Å². The van der Waals surface area contributed by atoms with Crippen LogP contribution in [-0.2, 0) is 16.1 Å². The molecule has 1 amide bonds. The highest BCUT2D eigenvalue weighted by molar-refractivity contribution is 5.92. The summed E-state index contributed by atoms with van der Waals surface area (Å²) in [7, 11) is 1.62. The van der Waals surface area contributed by atoms with Gasteiger partial charge in [-0.3, -0.25) is 4.79 Å². The third-order valence-corrected chi connectivity index (χ3v) is 3.49. The Morgan fingerprint density at radius 2 is 1.96 bits per heavy atom. The molecule has 0 saturated heterocycles. The van der Waals surface area contributed by atoms with E-state index in [4.69, 9.17) is 13.9 Å². The van der Waals surface area contributed by atoms with Crippen LogP contribution in [0.2, 0.25) is 0 Å². The third-order valence-electron chi connectivity index (χ3n) is 3.49. The van der Waals surface area contributed by atoms with Gasteiger partial charge in [0.1, 0.15) is 11.3 Å². The molecular formula is C19H17NO5. The minimum absolute atomic E-state index is 0.156. The lowest BCUT2D eigenvalue weighted by atomic mass is 10.2. The van der Waals surface area contributed by atoms with Gasteiger partial charge >= 0.3 is 5.63 Å². The second kappa shape index (κ2) is 7.63. The van der Waals surface area contributed by atoms with Gasteiger partial charge in [-0.15, -0.1) is 0 Å². The van der Waals surface area contributed by atoms with Crippen LogP contribution in [0.15, 0.2) is 63.8 Å². The smallest absolute Gasteiger partial charge is 0.336 e. The molecule has 1 N–H and O–H groups in total. The summed E-state index contributed by atoms with van der Waals surface area (Å²) in [6.45, 7) is 0.319. The Bertz CT molecular complexity index is 948. The van der Waals surface area contributed by atoms with Crippen molar-refractivity contribution in [3.05, 3.63) is 70.6 Å². The molecule has 6 heteroatoms. The van der Waals surface area contributed by atoms with Crippen molar-refractivity contribution in [2.45, 2.75) is 6.61 Å². The van der Waals surface area contributed by atoms with Gasteiger partial charge in [-0.25, -0.2) is 4.79 Å². The molecule has 0 unspecified atom stereocenters. The summed E-state index contributed by atoms with van der Waals surface area (Å²) in [6, 6.07) is 15.5. The lowest BCUT2D eigenvalue weighted by molar-refractivity contribution is -0.118. The highest BCUT2D eigenvalue weighted by Crippen LogP contribution is 2.19. The monoisotopic (exact) mass is 339 g/mol. The first-order chi connectivity index (χ1) is 12.1. The number of amides is 1. The zero-order chi connectivity index (χ0) is 17.6. The van der Waals surface area contributed by atoms with Crippen LogP contribution < -0.4 is 15.7 Å². The van der Waals surface area contributed by atoms with E-state index in [1.807, 2.05) is 18.2 Å². The molecule has 0 aliphatic carbocycles. The van der Waals surface area contributed by atoms with Gasteiger partial charge in [0.2, 0.25) is 0 Å². The van der Waals surface area contributed by atoms with E-state index in [0.29, 0.717) is 23.6 Å². The van der Waals surface area contributed by atoms with E-state index < -0.39 is 5.63 Å². The number of ether oxygens (including phenoxy) is 2. The molecule has 0 aliphatic rings. The first kappa shape index (κ1) is 16.7. The Balaban J connectivity index is 1.62. The van der Waals surface area contributed by atoms with Crippen LogP contribution in [0, 0.1) is 0 Å². The van der Waals surface area contributed by atoms with E-state index in [0.717, 1.165) is 10.9 Å². The van der Waals surface area contributed by atoms with Crippen LogP contribution in [0.25, 0.3) is 11.0 Å². The summed E-state index contributed by atoms with van der Waals surface area (Å²) in [5.74, 6) is 0.161. The molecular weight excluding hydrogens is 322 g/mol. The fourth-order valence-corrected chi connectivity index (χ4v) is 2.38. The van der Waals surface area contributed by atoms with Crippen LogP contribution in [0.1, 0.15) is 5.56 Å². The Morgan fingerprint density at radius 3 is 2.80 bits per heavy atom. The van der Waals surface area contributed by atoms with Gasteiger partial charge in [0.05, 0.1) is 6.61 Å². The molecule has 3 aromatic rings. The number of nitrogens with one attached hydrogen (secondary N) is 1. The maximum absolute atomic E-state index is 12.0. The van der Waals surface area contributed by atoms with E-state index in [-0.39, 0.29) is 12.5 Å². The van der Waals surface area contributed by atoms with Gasteiger partial charge in [-0.1, -0.05) is 12.1 Å². The molecule has 128 valence electrons. The summed E-state index contributed by atoms with van der Waals surface area (Å²) >= 11 is 0. The Morgan fingerprint density at radius 1 is 1.12 bits per heavy atom. The number of fused-ring (bicyclic) bond motifs is 1. The predicted octanol–water partition coefficient (Wildman–Crippen LogP) is 2.96. The van der Waals surface area contributed by atoms with Crippen molar-refractivity contribution in [3.63, 3.8) is 0 Å². The van der Waals surface area contributed by atoms with Crippen molar-refractivity contribution < 1.29 is 18.7 Å². The fourth-order valence-electron chi connectivity index (χ4n) is 2.38. The van der Waals surface area contributed by atoms with Crippen LogP contribution in [0.3, 0.4) is 0 Å². The van der Waals surface area contributed by atoms with E-state index in [1.165, 1.54) is 6.07 Å². The molecule has 2 aromatic carbocycles. The number of anilines is 1. The Labute approximate surface area is 144 Å². The lowest BCUT2D eigenvalue weighted by Crippen LogP contribution is -2.20. The number of hydrogen-bond acceptors (Lipinski definition) is 5.